The quantitative estimate of drug-likeness (QED) is 0.566. The fourth-order valence-corrected chi connectivity index (χ4v) is 2.87. The molecule has 0 aliphatic carbocycles. The Morgan fingerprint density at radius 1 is 1.33 bits per heavy atom. The van der Waals surface area contributed by atoms with Crippen molar-refractivity contribution >= 4 is 40.5 Å². The predicted octanol–water partition coefficient (Wildman–Crippen LogP) is 2.81. The highest BCUT2D eigenvalue weighted by Gasteiger charge is 2.16. The first-order chi connectivity index (χ1) is 10.1. The predicted molar refractivity (Wildman–Crippen MR) is 92.1 cm³/mol. The van der Waals surface area contributed by atoms with Gasteiger partial charge in [-0.25, -0.2) is 5.43 Å². The summed E-state index contributed by atoms with van der Waals surface area (Å²) in [5, 5.41) is 1.62. The van der Waals surface area contributed by atoms with E-state index < -0.39 is 0 Å². The fourth-order valence-electron chi connectivity index (χ4n) is 2.28. The van der Waals surface area contributed by atoms with Crippen LogP contribution >= 0.6 is 35.4 Å². The molecule has 1 aromatic rings. The van der Waals surface area contributed by atoms with Crippen LogP contribution < -0.4 is 16.6 Å². The molecule has 0 amide bonds. The number of hydrogen-bond acceptors (Lipinski definition) is 3. The second kappa shape index (κ2) is 7.84. The van der Waals surface area contributed by atoms with Gasteiger partial charge in [0.2, 0.25) is 0 Å². The van der Waals surface area contributed by atoms with Crippen LogP contribution in [0.5, 0.6) is 0 Å². The maximum Gasteiger partial charge on any atom is 0.178 e. The monoisotopic (exact) mass is 344 g/mol. The third kappa shape index (κ3) is 4.74. The zero-order valence-electron chi connectivity index (χ0n) is 11.5. The number of halogens is 2. The lowest BCUT2D eigenvalue weighted by molar-refractivity contribution is 0.304. The number of benzene rings is 1. The van der Waals surface area contributed by atoms with E-state index in [1.54, 1.807) is 0 Å². The van der Waals surface area contributed by atoms with E-state index in [2.05, 4.69) is 21.8 Å². The van der Waals surface area contributed by atoms with Crippen molar-refractivity contribution in [3.63, 3.8) is 0 Å². The largest absolute Gasteiger partial charge is 0.375 e. The molecule has 0 aromatic heterocycles. The summed E-state index contributed by atoms with van der Waals surface area (Å²) in [6.45, 7) is 2.31. The zero-order chi connectivity index (χ0) is 15.2. The smallest absolute Gasteiger partial charge is 0.178 e. The van der Waals surface area contributed by atoms with Gasteiger partial charge in [0.15, 0.2) is 5.11 Å². The Balaban J connectivity index is 2.04. The van der Waals surface area contributed by atoms with Gasteiger partial charge in [0, 0.05) is 34.4 Å². The molecule has 0 atom stereocenters. The van der Waals surface area contributed by atoms with Gasteiger partial charge in [0.05, 0.1) is 6.54 Å². The molecule has 2 rings (SSSR count). The number of thiocarbonyl (C=S) groups is 1. The van der Waals surface area contributed by atoms with Crippen LogP contribution in [0.25, 0.3) is 0 Å². The summed E-state index contributed by atoms with van der Waals surface area (Å²) in [6.07, 6.45) is 4.40. The number of nitrogens with zero attached hydrogens (tertiary/aromatic N) is 1. The lowest BCUT2D eigenvalue weighted by atomic mass is 10.1. The number of rotatable bonds is 5. The number of nitrogens with two attached hydrogens (primary N) is 1. The van der Waals surface area contributed by atoms with Crippen molar-refractivity contribution in [3.8, 4) is 0 Å². The second-order valence-electron chi connectivity index (χ2n) is 4.80. The Morgan fingerprint density at radius 3 is 2.71 bits per heavy atom. The minimum absolute atomic E-state index is 0.229. The van der Waals surface area contributed by atoms with Gasteiger partial charge in [-0.3, -0.25) is 5.43 Å². The first kappa shape index (κ1) is 16.4. The number of nitrogens with one attached hydrogen (secondary N) is 2. The number of hydrazine groups is 1. The van der Waals surface area contributed by atoms with E-state index in [0.29, 0.717) is 23.1 Å². The molecule has 0 saturated carbocycles. The number of allylic oxidation sites excluding steroid dienone is 1. The molecule has 7 heteroatoms. The van der Waals surface area contributed by atoms with E-state index in [4.69, 9.17) is 41.2 Å². The van der Waals surface area contributed by atoms with Crippen molar-refractivity contribution in [2.45, 2.75) is 19.4 Å². The molecule has 0 fully saturated rings. The van der Waals surface area contributed by atoms with E-state index >= 15 is 0 Å². The van der Waals surface area contributed by atoms with E-state index in [0.717, 1.165) is 24.9 Å². The Bertz CT molecular complexity index is 528. The maximum atomic E-state index is 6.25. The molecule has 4 nitrogen and oxygen atoms in total. The van der Waals surface area contributed by atoms with Crippen molar-refractivity contribution in [2.24, 2.45) is 5.73 Å². The van der Waals surface area contributed by atoms with Crippen LogP contribution in [0.4, 0.5) is 0 Å². The van der Waals surface area contributed by atoms with Crippen LogP contribution in [0.3, 0.4) is 0 Å². The Labute approximate surface area is 140 Å². The average molecular weight is 345 g/mol. The highest BCUT2D eigenvalue weighted by atomic mass is 35.5. The fraction of sp³-hybridized carbons (Fsp3) is 0.357. The summed E-state index contributed by atoms with van der Waals surface area (Å²) < 4.78 is 0. The summed E-state index contributed by atoms with van der Waals surface area (Å²) in [7, 11) is 0. The van der Waals surface area contributed by atoms with Gasteiger partial charge in [-0.2, -0.15) is 0 Å². The van der Waals surface area contributed by atoms with Gasteiger partial charge in [-0.1, -0.05) is 35.3 Å². The second-order valence-corrected chi connectivity index (χ2v) is 6.06. The highest BCUT2D eigenvalue weighted by molar-refractivity contribution is 7.80. The minimum atomic E-state index is 0.229. The molecule has 1 aliphatic heterocycles. The summed E-state index contributed by atoms with van der Waals surface area (Å²) >= 11 is 17.3. The Morgan fingerprint density at radius 2 is 2.05 bits per heavy atom. The first-order valence-electron chi connectivity index (χ1n) is 6.73. The van der Waals surface area contributed by atoms with E-state index in [9.17, 15) is 0 Å². The molecule has 0 bridgehead atoms. The molecule has 0 radical (unpaired) electrons. The third-order valence-corrected chi connectivity index (χ3v) is 4.12. The van der Waals surface area contributed by atoms with Gasteiger partial charge < -0.3 is 10.6 Å². The van der Waals surface area contributed by atoms with Crippen LogP contribution in [-0.2, 0) is 6.54 Å². The summed E-state index contributed by atoms with van der Waals surface area (Å²) in [4.78, 5) is 2.27. The third-order valence-electron chi connectivity index (χ3n) is 3.31. The van der Waals surface area contributed by atoms with Crippen molar-refractivity contribution < 1.29 is 0 Å². The normalized spacial score (nSPS) is 14.8. The summed E-state index contributed by atoms with van der Waals surface area (Å²) in [5.74, 6) is 0. The van der Waals surface area contributed by atoms with Gasteiger partial charge in [-0.05, 0) is 37.2 Å². The van der Waals surface area contributed by atoms with Gasteiger partial charge >= 0.3 is 0 Å². The van der Waals surface area contributed by atoms with Crippen LogP contribution in [0, 0.1) is 0 Å². The lowest BCUT2D eigenvalue weighted by Gasteiger charge is -2.31. The van der Waals surface area contributed by atoms with Gasteiger partial charge in [-0.15, -0.1) is 0 Å². The molecule has 1 aliphatic rings. The Kier molecular flexibility index (Phi) is 6.11. The molecule has 0 spiro atoms. The molecule has 4 N–H and O–H groups in total. The van der Waals surface area contributed by atoms with Crippen molar-refractivity contribution in [2.75, 3.05) is 13.1 Å². The molecule has 1 heterocycles. The topological polar surface area (TPSA) is 53.3 Å². The molecular formula is C14H18Cl2N4S. The minimum Gasteiger partial charge on any atom is -0.375 e. The van der Waals surface area contributed by atoms with Crippen LogP contribution in [-0.4, -0.2) is 23.1 Å². The maximum absolute atomic E-state index is 6.25. The zero-order valence-corrected chi connectivity index (χ0v) is 13.9. The van der Waals surface area contributed by atoms with Crippen LogP contribution in [0.1, 0.15) is 18.4 Å². The summed E-state index contributed by atoms with van der Waals surface area (Å²) in [5.41, 5.74) is 13.3. The average Bonchev–Trinajstić information content (AvgIpc) is 2.44. The summed E-state index contributed by atoms with van der Waals surface area (Å²) in [6, 6.07) is 5.58. The van der Waals surface area contributed by atoms with Gasteiger partial charge in [0.25, 0.3) is 0 Å². The Hall–Kier alpha value is -1.01. The highest BCUT2D eigenvalue weighted by Crippen LogP contribution is 2.28. The number of hydrogen-bond donors (Lipinski definition) is 3. The van der Waals surface area contributed by atoms with Crippen molar-refractivity contribution in [1.29, 1.82) is 0 Å². The van der Waals surface area contributed by atoms with Crippen LogP contribution in [0.15, 0.2) is 30.0 Å². The standard InChI is InChI=1S/C14H18Cl2N4S/c15-12-5-3-6-13(16)11(12)9-20-7-2-1-4-10(20)8-18-19-14(17)21/h3-6,18H,1-2,7-9H2,(H3,17,19,21). The molecule has 0 saturated heterocycles. The van der Waals surface area contributed by atoms with Gasteiger partial charge in [0.1, 0.15) is 0 Å². The molecular weight excluding hydrogens is 327 g/mol. The van der Waals surface area contributed by atoms with E-state index in [1.807, 2.05) is 18.2 Å². The van der Waals surface area contributed by atoms with Crippen molar-refractivity contribution in [3.05, 3.63) is 45.6 Å². The lowest BCUT2D eigenvalue weighted by Crippen LogP contribution is -2.44. The van der Waals surface area contributed by atoms with Crippen molar-refractivity contribution in [1.82, 2.24) is 15.8 Å². The van der Waals surface area contributed by atoms with E-state index in [1.165, 1.54) is 5.70 Å². The molecule has 21 heavy (non-hydrogen) atoms. The molecule has 1 aromatic carbocycles. The molecule has 114 valence electrons. The SMILES string of the molecule is NC(=S)NNCC1=CCCCN1Cc1c(Cl)cccc1Cl. The van der Waals surface area contributed by atoms with E-state index in [-0.39, 0.29) is 5.11 Å². The molecule has 0 unspecified atom stereocenters. The first-order valence-corrected chi connectivity index (χ1v) is 7.89. The van der Waals surface area contributed by atoms with Crippen LogP contribution in [0.2, 0.25) is 10.0 Å².